The Morgan fingerprint density at radius 3 is 2.54 bits per heavy atom. The van der Waals surface area contributed by atoms with Crippen LogP contribution in [0.5, 0.6) is 0 Å². The summed E-state index contributed by atoms with van der Waals surface area (Å²) in [5.74, 6) is 0. The van der Waals surface area contributed by atoms with Gasteiger partial charge in [0.1, 0.15) is 5.15 Å². The molecular formula is C7H5ClF3NS. The quantitative estimate of drug-likeness (QED) is 0.538. The lowest BCUT2D eigenvalue weighted by molar-refractivity contribution is -0.137. The third-order valence-electron chi connectivity index (χ3n) is 1.36. The molecule has 0 N–H and O–H groups in total. The van der Waals surface area contributed by atoms with Gasteiger partial charge in [-0.3, -0.25) is 0 Å². The molecule has 0 aliphatic carbocycles. The van der Waals surface area contributed by atoms with Crippen LogP contribution in [0.2, 0.25) is 5.15 Å². The first-order valence-corrected chi connectivity index (χ1v) is 4.82. The van der Waals surface area contributed by atoms with Gasteiger partial charge in [0, 0.05) is 11.1 Å². The van der Waals surface area contributed by atoms with Gasteiger partial charge in [-0.2, -0.15) is 13.2 Å². The molecule has 13 heavy (non-hydrogen) atoms. The second-order valence-electron chi connectivity index (χ2n) is 2.21. The standard InChI is InChI=1S/C7H5ClF3NS/c1-13-4-2-5(7(9,10)11)6(8)12-3-4/h2-3H,1H3. The van der Waals surface area contributed by atoms with Crippen LogP contribution < -0.4 is 0 Å². The molecule has 0 amide bonds. The van der Waals surface area contributed by atoms with Crippen LogP contribution in [-0.2, 0) is 6.18 Å². The third-order valence-corrected chi connectivity index (χ3v) is 2.35. The van der Waals surface area contributed by atoms with Gasteiger partial charge in [0.05, 0.1) is 5.56 Å². The first kappa shape index (κ1) is 10.7. The molecule has 0 saturated heterocycles. The molecule has 6 heteroatoms. The summed E-state index contributed by atoms with van der Waals surface area (Å²) in [7, 11) is 0. The number of hydrogen-bond acceptors (Lipinski definition) is 2. The summed E-state index contributed by atoms with van der Waals surface area (Å²) in [5, 5.41) is -0.509. The maximum absolute atomic E-state index is 12.2. The van der Waals surface area contributed by atoms with Crippen molar-refractivity contribution in [2.45, 2.75) is 11.1 Å². The predicted molar refractivity (Wildman–Crippen MR) is 46.0 cm³/mol. The summed E-state index contributed by atoms with van der Waals surface area (Å²) in [5.41, 5.74) is -0.888. The molecule has 0 aliphatic heterocycles. The molecular weight excluding hydrogens is 223 g/mol. The van der Waals surface area contributed by atoms with E-state index in [2.05, 4.69) is 4.98 Å². The first-order chi connectivity index (χ1) is 5.95. The van der Waals surface area contributed by atoms with Gasteiger partial charge in [-0.25, -0.2) is 4.98 Å². The zero-order chi connectivity index (χ0) is 10.1. The Balaban J connectivity index is 3.19. The second kappa shape index (κ2) is 3.75. The van der Waals surface area contributed by atoms with E-state index in [9.17, 15) is 13.2 Å². The van der Waals surface area contributed by atoms with E-state index in [-0.39, 0.29) is 0 Å². The largest absolute Gasteiger partial charge is 0.419 e. The molecule has 0 bridgehead atoms. The summed E-state index contributed by atoms with van der Waals surface area (Å²) in [6, 6.07) is 0.986. The molecule has 0 aromatic carbocycles. The molecule has 1 aromatic rings. The number of rotatable bonds is 1. The van der Waals surface area contributed by atoms with E-state index in [0.717, 1.165) is 6.07 Å². The minimum atomic E-state index is -4.43. The molecule has 0 atom stereocenters. The summed E-state index contributed by atoms with van der Waals surface area (Å²) in [6.07, 6.45) is -1.46. The average molecular weight is 228 g/mol. The van der Waals surface area contributed by atoms with E-state index in [4.69, 9.17) is 11.6 Å². The molecule has 0 fully saturated rings. The van der Waals surface area contributed by atoms with Crippen LogP contribution >= 0.6 is 23.4 Å². The zero-order valence-electron chi connectivity index (χ0n) is 6.52. The van der Waals surface area contributed by atoms with Crippen molar-refractivity contribution < 1.29 is 13.2 Å². The van der Waals surface area contributed by atoms with Crippen LogP contribution in [0.25, 0.3) is 0 Å². The van der Waals surface area contributed by atoms with Gasteiger partial charge in [-0.05, 0) is 12.3 Å². The number of pyridine rings is 1. The molecule has 0 radical (unpaired) electrons. The van der Waals surface area contributed by atoms with Crippen molar-refractivity contribution in [1.82, 2.24) is 4.98 Å². The van der Waals surface area contributed by atoms with Crippen molar-refractivity contribution in [2.75, 3.05) is 6.26 Å². The van der Waals surface area contributed by atoms with Gasteiger partial charge >= 0.3 is 6.18 Å². The molecule has 1 aromatic heterocycles. The van der Waals surface area contributed by atoms with Crippen molar-refractivity contribution in [3.05, 3.63) is 23.0 Å². The van der Waals surface area contributed by atoms with Crippen molar-refractivity contribution >= 4 is 23.4 Å². The fourth-order valence-electron chi connectivity index (χ4n) is 0.739. The highest BCUT2D eigenvalue weighted by molar-refractivity contribution is 7.98. The number of alkyl halides is 3. The van der Waals surface area contributed by atoms with Gasteiger partial charge in [0.15, 0.2) is 0 Å². The Morgan fingerprint density at radius 1 is 1.46 bits per heavy atom. The molecule has 0 spiro atoms. The smallest absolute Gasteiger partial charge is 0.243 e. The van der Waals surface area contributed by atoms with Crippen LogP contribution in [-0.4, -0.2) is 11.2 Å². The van der Waals surface area contributed by atoms with Crippen LogP contribution in [0.4, 0.5) is 13.2 Å². The molecule has 1 nitrogen and oxygen atoms in total. The van der Waals surface area contributed by atoms with E-state index in [1.165, 1.54) is 18.0 Å². The lowest BCUT2D eigenvalue weighted by atomic mass is 10.3. The number of halogens is 4. The fourth-order valence-corrected chi connectivity index (χ4v) is 1.34. The Bertz CT molecular complexity index is 313. The molecule has 1 heterocycles. The monoisotopic (exact) mass is 227 g/mol. The normalized spacial score (nSPS) is 11.8. The fraction of sp³-hybridized carbons (Fsp3) is 0.286. The van der Waals surface area contributed by atoms with E-state index in [1.807, 2.05) is 0 Å². The highest BCUT2D eigenvalue weighted by Gasteiger charge is 2.34. The van der Waals surface area contributed by atoms with Gasteiger partial charge in [-0.1, -0.05) is 11.6 Å². The number of nitrogens with zero attached hydrogens (tertiary/aromatic N) is 1. The lowest BCUT2D eigenvalue weighted by Gasteiger charge is -2.08. The van der Waals surface area contributed by atoms with Crippen molar-refractivity contribution in [3.63, 3.8) is 0 Å². The Labute approximate surface area is 82.3 Å². The van der Waals surface area contributed by atoms with Crippen LogP contribution in [0.1, 0.15) is 5.56 Å². The highest BCUT2D eigenvalue weighted by atomic mass is 35.5. The van der Waals surface area contributed by atoms with Gasteiger partial charge < -0.3 is 0 Å². The van der Waals surface area contributed by atoms with Crippen LogP contribution in [0, 0.1) is 0 Å². The number of hydrogen-bond donors (Lipinski definition) is 0. The van der Waals surface area contributed by atoms with Gasteiger partial charge in [-0.15, -0.1) is 11.8 Å². The Kier molecular flexibility index (Phi) is 3.08. The summed E-state index contributed by atoms with van der Waals surface area (Å²) < 4.78 is 36.7. The second-order valence-corrected chi connectivity index (χ2v) is 3.45. The number of thioether (sulfide) groups is 1. The molecule has 1 rings (SSSR count). The van der Waals surface area contributed by atoms with Crippen molar-refractivity contribution in [2.24, 2.45) is 0 Å². The van der Waals surface area contributed by atoms with E-state index in [0.29, 0.717) is 4.90 Å². The van der Waals surface area contributed by atoms with E-state index in [1.54, 1.807) is 6.26 Å². The minimum absolute atomic E-state index is 0.441. The maximum Gasteiger partial charge on any atom is 0.419 e. The average Bonchev–Trinajstić information content (AvgIpc) is 2.03. The summed E-state index contributed by atoms with van der Waals surface area (Å²) >= 11 is 6.48. The van der Waals surface area contributed by atoms with Crippen LogP contribution in [0.3, 0.4) is 0 Å². The van der Waals surface area contributed by atoms with E-state index >= 15 is 0 Å². The van der Waals surface area contributed by atoms with Gasteiger partial charge in [0.2, 0.25) is 0 Å². The van der Waals surface area contributed by atoms with Gasteiger partial charge in [0.25, 0.3) is 0 Å². The number of aromatic nitrogens is 1. The third kappa shape index (κ3) is 2.51. The Hall–Kier alpha value is -0.420. The molecule has 0 unspecified atom stereocenters. The SMILES string of the molecule is CSc1cnc(Cl)c(C(F)(F)F)c1. The topological polar surface area (TPSA) is 12.9 Å². The molecule has 72 valence electrons. The Morgan fingerprint density at radius 2 is 2.08 bits per heavy atom. The van der Waals surface area contributed by atoms with Crippen molar-refractivity contribution in [1.29, 1.82) is 0 Å². The molecule has 0 saturated carbocycles. The molecule has 0 aliphatic rings. The maximum atomic E-state index is 12.2. The van der Waals surface area contributed by atoms with E-state index < -0.39 is 16.9 Å². The van der Waals surface area contributed by atoms with Crippen LogP contribution in [0.15, 0.2) is 17.2 Å². The summed E-state index contributed by atoms with van der Waals surface area (Å²) in [6.45, 7) is 0. The highest BCUT2D eigenvalue weighted by Crippen LogP contribution is 2.35. The minimum Gasteiger partial charge on any atom is -0.243 e. The predicted octanol–water partition coefficient (Wildman–Crippen LogP) is 3.48. The first-order valence-electron chi connectivity index (χ1n) is 3.22. The lowest BCUT2D eigenvalue weighted by Crippen LogP contribution is -2.06. The zero-order valence-corrected chi connectivity index (χ0v) is 8.09. The van der Waals surface area contributed by atoms with Crippen molar-refractivity contribution in [3.8, 4) is 0 Å². The summed E-state index contributed by atoms with van der Waals surface area (Å²) in [4.78, 5) is 3.88.